The maximum atomic E-state index is 11.8. The Labute approximate surface area is 119 Å². The molecule has 1 unspecified atom stereocenters. The highest BCUT2D eigenvalue weighted by Crippen LogP contribution is 2.08. The van der Waals surface area contributed by atoms with E-state index < -0.39 is 0 Å². The number of nitrogens with zero attached hydrogens (tertiary/aromatic N) is 1. The summed E-state index contributed by atoms with van der Waals surface area (Å²) in [6.45, 7) is 2.66. The first-order valence-electron chi connectivity index (χ1n) is 6.75. The summed E-state index contributed by atoms with van der Waals surface area (Å²) in [7, 11) is 0. The van der Waals surface area contributed by atoms with Gasteiger partial charge in [0.1, 0.15) is 0 Å². The van der Waals surface area contributed by atoms with Crippen molar-refractivity contribution in [3.63, 3.8) is 0 Å². The Hall–Kier alpha value is -2.20. The van der Waals surface area contributed by atoms with Gasteiger partial charge in [-0.1, -0.05) is 24.3 Å². The fourth-order valence-corrected chi connectivity index (χ4v) is 1.88. The maximum Gasteiger partial charge on any atom is 0.225 e. The molecular weight excluding hydrogens is 250 g/mol. The van der Waals surface area contributed by atoms with E-state index in [1.54, 1.807) is 6.20 Å². The summed E-state index contributed by atoms with van der Waals surface area (Å²) in [6, 6.07) is 15.4. The highest BCUT2D eigenvalue weighted by Gasteiger charge is 2.07. The Morgan fingerprint density at radius 2 is 1.90 bits per heavy atom. The fourth-order valence-electron chi connectivity index (χ4n) is 1.88. The van der Waals surface area contributed by atoms with E-state index in [0.717, 1.165) is 11.4 Å². The predicted molar refractivity (Wildman–Crippen MR) is 80.3 cm³/mol. The van der Waals surface area contributed by atoms with Crippen LogP contribution in [0.3, 0.4) is 0 Å². The molecule has 0 aliphatic rings. The molecule has 0 saturated heterocycles. The monoisotopic (exact) mass is 269 g/mol. The van der Waals surface area contributed by atoms with Gasteiger partial charge >= 0.3 is 0 Å². The lowest BCUT2D eigenvalue weighted by Gasteiger charge is -2.13. The Balaban J connectivity index is 1.72. The number of aromatic nitrogens is 1. The Morgan fingerprint density at radius 1 is 1.15 bits per heavy atom. The van der Waals surface area contributed by atoms with E-state index in [1.807, 2.05) is 55.5 Å². The number of amides is 1. The van der Waals surface area contributed by atoms with Crippen molar-refractivity contribution >= 4 is 11.6 Å². The molecule has 0 bridgehead atoms. The van der Waals surface area contributed by atoms with Crippen molar-refractivity contribution < 1.29 is 4.79 Å². The van der Waals surface area contributed by atoms with Gasteiger partial charge in [0.25, 0.3) is 0 Å². The molecule has 2 rings (SSSR count). The molecule has 104 valence electrons. The molecular formula is C16H19N3O. The van der Waals surface area contributed by atoms with Gasteiger partial charge in [0.15, 0.2) is 0 Å². The number of anilines is 1. The van der Waals surface area contributed by atoms with Crippen molar-refractivity contribution in [3.8, 4) is 0 Å². The zero-order valence-electron chi connectivity index (χ0n) is 11.5. The summed E-state index contributed by atoms with van der Waals surface area (Å²) < 4.78 is 0. The van der Waals surface area contributed by atoms with Crippen LogP contribution in [0.25, 0.3) is 0 Å². The van der Waals surface area contributed by atoms with Crippen LogP contribution in [0.2, 0.25) is 0 Å². The standard InChI is InChI=1S/C16H19N3O/c1-13(15-9-5-6-11-18-15)17-12-10-16(20)19-14-7-3-2-4-8-14/h2-9,11,13,17H,10,12H2,1H3,(H,19,20). The number of benzene rings is 1. The normalized spacial score (nSPS) is 11.8. The van der Waals surface area contributed by atoms with E-state index in [-0.39, 0.29) is 11.9 Å². The molecule has 20 heavy (non-hydrogen) atoms. The Bertz CT molecular complexity index is 528. The first kappa shape index (κ1) is 14.2. The van der Waals surface area contributed by atoms with Gasteiger partial charge in [0, 0.05) is 30.9 Å². The molecule has 0 radical (unpaired) electrons. The summed E-state index contributed by atoms with van der Waals surface area (Å²) >= 11 is 0. The van der Waals surface area contributed by atoms with Crippen LogP contribution < -0.4 is 10.6 Å². The average Bonchev–Trinajstić information content (AvgIpc) is 2.49. The minimum atomic E-state index is 0.0110. The van der Waals surface area contributed by atoms with Gasteiger partial charge in [-0.05, 0) is 31.2 Å². The van der Waals surface area contributed by atoms with Gasteiger partial charge in [0.05, 0.1) is 5.69 Å². The van der Waals surface area contributed by atoms with Crippen molar-refractivity contribution in [2.24, 2.45) is 0 Å². The van der Waals surface area contributed by atoms with Crippen molar-refractivity contribution in [1.29, 1.82) is 0 Å². The van der Waals surface area contributed by atoms with Crippen LogP contribution in [0.15, 0.2) is 54.7 Å². The van der Waals surface area contributed by atoms with E-state index in [9.17, 15) is 4.79 Å². The predicted octanol–water partition coefficient (Wildman–Crippen LogP) is 2.76. The number of carbonyl (C=O) groups excluding carboxylic acids is 1. The molecule has 2 aromatic rings. The summed E-state index contributed by atoms with van der Waals surface area (Å²) in [5.74, 6) is 0.0110. The molecule has 0 aliphatic heterocycles. The lowest BCUT2D eigenvalue weighted by atomic mass is 10.2. The van der Waals surface area contributed by atoms with Gasteiger partial charge in [-0.15, -0.1) is 0 Å². The minimum Gasteiger partial charge on any atom is -0.326 e. The van der Waals surface area contributed by atoms with Gasteiger partial charge < -0.3 is 10.6 Å². The number of pyridine rings is 1. The van der Waals surface area contributed by atoms with E-state index >= 15 is 0 Å². The van der Waals surface area contributed by atoms with Crippen LogP contribution in [0.1, 0.15) is 25.1 Å². The summed E-state index contributed by atoms with van der Waals surface area (Å²) in [5, 5.41) is 6.15. The fraction of sp³-hybridized carbons (Fsp3) is 0.250. The summed E-state index contributed by atoms with van der Waals surface area (Å²) in [5.41, 5.74) is 1.81. The van der Waals surface area contributed by atoms with E-state index in [0.29, 0.717) is 13.0 Å². The third-order valence-electron chi connectivity index (χ3n) is 2.99. The van der Waals surface area contributed by atoms with Gasteiger partial charge in [-0.2, -0.15) is 0 Å². The first-order valence-corrected chi connectivity index (χ1v) is 6.75. The molecule has 0 spiro atoms. The number of hydrogen-bond acceptors (Lipinski definition) is 3. The van der Waals surface area contributed by atoms with Crippen molar-refractivity contribution in [2.45, 2.75) is 19.4 Å². The van der Waals surface area contributed by atoms with Crippen molar-refractivity contribution in [2.75, 3.05) is 11.9 Å². The van der Waals surface area contributed by atoms with Crippen LogP contribution in [0.4, 0.5) is 5.69 Å². The number of rotatable bonds is 6. The molecule has 0 aliphatic carbocycles. The largest absolute Gasteiger partial charge is 0.326 e. The minimum absolute atomic E-state index is 0.0110. The second kappa shape index (κ2) is 7.40. The third-order valence-corrected chi connectivity index (χ3v) is 2.99. The molecule has 0 fully saturated rings. The molecule has 1 amide bonds. The second-order valence-corrected chi connectivity index (χ2v) is 4.59. The lowest BCUT2D eigenvalue weighted by Crippen LogP contribution is -2.24. The number of para-hydroxylation sites is 1. The number of nitrogens with one attached hydrogen (secondary N) is 2. The smallest absolute Gasteiger partial charge is 0.225 e. The highest BCUT2D eigenvalue weighted by molar-refractivity contribution is 5.90. The first-order chi connectivity index (χ1) is 9.75. The van der Waals surface area contributed by atoms with Gasteiger partial charge in [-0.25, -0.2) is 0 Å². The summed E-state index contributed by atoms with van der Waals surface area (Å²) in [4.78, 5) is 16.0. The van der Waals surface area contributed by atoms with Crippen LogP contribution in [0, 0.1) is 0 Å². The van der Waals surface area contributed by atoms with Crippen LogP contribution in [0.5, 0.6) is 0 Å². The third kappa shape index (κ3) is 4.48. The van der Waals surface area contributed by atoms with E-state index in [1.165, 1.54) is 0 Å². The molecule has 1 aromatic carbocycles. The molecule has 2 N–H and O–H groups in total. The lowest BCUT2D eigenvalue weighted by molar-refractivity contribution is -0.116. The maximum absolute atomic E-state index is 11.8. The zero-order chi connectivity index (χ0) is 14.2. The number of carbonyl (C=O) groups is 1. The summed E-state index contributed by atoms with van der Waals surface area (Å²) in [6.07, 6.45) is 2.21. The second-order valence-electron chi connectivity index (χ2n) is 4.59. The van der Waals surface area contributed by atoms with Crippen LogP contribution in [-0.2, 0) is 4.79 Å². The number of hydrogen-bond donors (Lipinski definition) is 2. The van der Waals surface area contributed by atoms with Crippen LogP contribution >= 0.6 is 0 Å². The van der Waals surface area contributed by atoms with Gasteiger partial charge in [0.2, 0.25) is 5.91 Å². The quantitative estimate of drug-likeness (QED) is 0.848. The highest BCUT2D eigenvalue weighted by atomic mass is 16.1. The van der Waals surface area contributed by atoms with Gasteiger partial charge in [-0.3, -0.25) is 9.78 Å². The van der Waals surface area contributed by atoms with Crippen molar-refractivity contribution in [3.05, 3.63) is 60.4 Å². The van der Waals surface area contributed by atoms with E-state index in [2.05, 4.69) is 15.6 Å². The average molecular weight is 269 g/mol. The van der Waals surface area contributed by atoms with E-state index in [4.69, 9.17) is 0 Å². The zero-order valence-corrected chi connectivity index (χ0v) is 11.5. The Morgan fingerprint density at radius 3 is 2.60 bits per heavy atom. The molecule has 1 heterocycles. The molecule has 4 nitrogen and oxygen atoms in total. The molecule has 4 heteroatoms. The SMILES string of the molecule is CC(NCCC(=O)Nc1ccccc1)c1ccccn1. The molecule has 0 saturated carbocycles. The topological polar surface area (TPSA) is 54.0 Å². The molecule has 1 atom stereocenters. The van der Waals surface area contributed by atoms with Crippen molar-refractivity contribution in [1.82, 2.24) is 10.3 Å². The Kier molecular flexibility index (Phi) is 5.26. The van der Waals surface area contributed by atoms with Crippen LogP contribution in [-0.4, -0.2) is 17.4 Å². The molecule has 1 aromatic heterocycles.